The zero-order valence-electron chi connectivity index (χ0n) is 12.2. The molecule has 5 heteroatoms. The predicted molar refractivity (Wildman–Crippen MR) is 84.5 cm³/mol. The van der Waals surface area contributed by atoms with Crippen molar-refractivity contribution in [2.24, 2.45) is 0 Å². The van der Waals surface area contributed by atoms with Crippen molar-refractivity contribution in [3.8, 4) is 11.3 Å². The zero-order chi connectivity index (χ0) is 14.7. The van der Waals surface area contributed by atoms with Gasteiger partial charge in [0.1, 0.15) is 11.5 Å². The SMILES string of the molecule is COCCN(C)c1cc(-c2n[nH]c3ccccc23)ccn1. The average Bonchev–Trinajstić information content (AvgIpc) is 2.97. The number of para-hydroxylation sites is 1. The van der Waals surface area contributed by atoms with Crippen molar-refractivity contribution in [2.75, 3.05) is 32.2 Å². The molecule has 0 aliphatic carbocycles. The van der Waals surface area contributed by atoms with Crippen molar-refractivity contribution in [3.63, 3.8) is 0 Å². The number of nitrogens with one attached hydrogen (secondary N) is 1. The van der Waals surface area contributed by atoms with Crippen LogP contribution in [0.1, 0.15) is 0 Å². The summed E-state index contributed by atoms with van der Waals surface area (Å²) in [5, 5.41) is 8.62. The van der Waals surface area contributed by atoms with Crippen LogP contribution in [0.25, 0.3) is 22.2 Å². The number of pyridine rings is 1. The minimum absolute atomic E-state index is 0.674. The largest absolute Gasteiger partial charge is 0.383 e. The normalized spacial score (nSPS) is 11.0. The van der Waals surface area contributed by atoms with Crippen molar-refractivity contribution in [1.29, 1.82) is 0 Å². The van der Waals surface area contributed by atoms with E-state index in [0.717, 1.165) is 34.5 Å². The van der Waals surface area contributed by atoms with Gasteiger partial charge in [-0.3, -0.25) is 5.10 Å². The number of methoxy groups -OCH3 is 1. The number of H-pyrrole nitrogens is 1. The maximum absolute atomic E-state index is 5.11. The second kappa shape index (κ2) is 5.93. The molecule has 1 aromatic carbocycles. The molecule has 0 saturated carbocycles. The Balaban J connectivity index is 1.96. The number of rotatable bonds is 5. The smallest absolute Gasteiger partial charge is 0.128 e. The lowest BCUT2D eigenvalue weighted by Crippen LogP contribution is -2.22. The van der Waals surface area contributed by atoms with Gasteiger partial charge in [0, 0.05) is 37.8 Å². The molecule has 0 bridgehead atoms. The summed E-state index contributed by atoms with van der Waals surface area (Å²) in [5.74, 6) is 0.914. The predicted octanol–water partition coefficient (Wildman–Crippen LogP) is 2.71. The van der Waals surface area contributed by atoms with Crippen LogP contribution in [-0.4, -0.2) is 42.5 Å². The van der Waals surface area contributed by atoms with Crippen molar-refractivity contribution in [3.05, 3.63) is 42.6 Å². The number of aromatic nitrogens is 3. The number of anilines is 1. The van der Waals surface area contributed by atoms with Gasteiger partial charge in [0.2, 0.25) is 0 Å². The number of nitrogens with zero attached hydrogens (tertiary/aromatic N) is 3. The number of likely N-dealkylation sites (N-methyl/N-ethyl adjacent to an activating group) is 1. The second-order valence-electron chi connectivity index (χ2n) is 4.93. The first-order chi connectivity index (χ1) is 10.3. The fourth-order valence-corrected chi connectivity index (χ4v) is 2.30. The molecule has 2 aromatic heterocycles. The van der Waals surface area contributed by atoms with Crippen LogP contribution < -0.4 is 4.90 Å². The van der Waals surface area contributed by atoms with E-state index in [2.05, 4.69) is 32.2 Å². The zero-order valence-corrected chi connectivity index (χ0v) is 12.2. The summed E-state index contributed by atoms with van der Waals surface area (Å²) in [4.78, 5) is 6.49. The van der Waals surface area contributed by atoms with Gasteiger partial charge in [-0.2, -0.15) is 5.10 Å². The molecule has 0 amide bonds. The van der Waals surface area contributed by atoms with Crippen LogP contribution in [0, 0.1) is 0 Å². The van der Waals surface area contributed by atoms with Crippen LogP contribution in [0.5, 0.6) is 0 Å². The van der Waals surface area contributed by atoms with E-state index in [0.29, 0.717) is 6.61 Å². The standard InChI is InChI=1S/C16H18N4O/c1-20(9-10-21-2)15-11-12(7-8-17-15)16-13-5-3-4-6-14(13)18-19-16/h3-8,11H,9-10H2,1-2H3,(H,18,19). The average molecular weight is 282 g/mol. The molecule has 3 rings (SSSR count). The topological polar surface area (TPSA) is 54.0 Å². The monoisotopic (exact) mass is 282 g/mol. The van der Waals surface area contributed by atoms with E-state index in [1.165, 1.54) is 0 Å². The Morgan fingerprint density at radius 3 is 2.95 bits per heavy atom. The summed E-state index contributed by atoms with van der Waals surface area (Å²) in [6.45, 7) is 1.47. The number of aromatic amines is 1. The molecule has 0 radical (unpaired) electrons. The highest BCUT2D eigenvalue weighted by atomic mass is 16.5. The van der Waals surface area contributed by atoms with Crippen LogP contribution in [0.15, 0.2) is 42.6 Å². The summed E-state index contributed by atoms with van der Waals surface area (Å²) < 4.78 is 5.11. The second-order valence-corrected chi connectivity index (χ2v) is 4.93. The Hall–Kier alpha value is -2.40. The minimum Gasteiger partial charge on any atom is -0.383 e. The molecule has 0 fully saturated rings. The van der Waals surface area contributed by atoms with Crippen LogP contribution in [0.2, 0.25) is 0 Å². The third-order valence-electron chi connectivity index (χ3n) is 3.51. The molecule has 0 aliphatic heterocycles. The quantitative estimate of drug-likeness (QED) is 0.781. The highest BCUT2D eigenvalue weighted by Gasteiger charge is 2.10. The summed E-state index contributed by atoms with van der Waals surface area (Å²) in [7, 11) is 3.71. The van der Waals surface area contributed by atoms with Crippen LogP contribution >= 0.6 is 0 Å². The van der Waals surface area contributed by atoms with Crippen molar-refractivity contribution in [1.82, 2.24) is 15.2 Å². The molecule has 5 nitrogen and oxygen atoms in total. The van der Waals surface area contributed by atoms with E-state index in [4.69, 9.17) is 4.74 Å². The van der Waals surface area contributed by atoms with Gasteiger partial charge < -0.3 is 9.64 Å². The molecule has 0 unspecified atom stereocenters. The number of hydrogen-bond acceptors (Lipinski definition) is 4. The van der Waals surface area contributed by atoms with Gasteiger partial charge in [-0.15, -0.1) is 0 Å². The highest BCUT2D eigenvalue weighted by Crippen LogP contribution is 2.27. The number of hydrogen-bond donors (Lipinski definition) is 1. The van der Waals surface area contributed by atoms with Crippen molar-refractivity contribution >= 4 is 16.7 Å². The molecule has 21 heavy (non-hydrogen) atoms. The first-order valence-corrected chi connectivity index (χ1v) is 6.89. The van der Waals surface area contributed by atoms with E-state index in [9.17, 15) is 0 Å². The number of benzene rings is 1. The van der Waals surface area contributed by atoms with E-state index in [-0.39, 0.29) is 0 Å². The molecule has 0 saturated heterocycles. The van der Waals surface area contributed by atoms with Crippen molar-refractivity contribution < 1.29 is 4.74 Å². The van der Waals surface area contributed by atoms with Gasteiger partial charge >= 0.3 is 0 Å². The van der Waals surface area contributed by atoms with Gasteiger partial charge in [-0.05, 0) is 18.2 Å². The van der Waals surface area contributed by atoms with E-state index >= 15 is 0 Å². The van der Waals surface area contributed by atoms with E-state index in [1.54, 1.807) is 7.11 Å². The lowest BCUT2D eigenvalue weighted by molar-refractivity contribution is 0.206. The van der Waals surface area contributed by atoms with Gasteiger partial charge in [0.25, 0.3) is 0 Å². The van der Waals surface area contributed by atoms with Crippen molar-refractivity contribution in [2.45, 2.75) is 0 Å². The molecule has 0 spiro atoms. The Bertz CT molecular complexity index is 738. The lowest BCUT2D eigenvalue weighted by atomic mass is 10.1. The maximum Gasteiger partial charge on any atom is 0.128 e. The third-order valence-corrected chi connectivity index (χ3v) is 3.51. The summed E-state index contributed by atoms with van der Waals surface area (Å²) in [6, 6.07) is 12.2. The fourth-order valence-electron chi connectivity index (χ4n) is 2.30. The maximum atomic E-state index is 5.11. The molecular weight excluding hydrogens is 264 g/mol. The Morgan fingerprint density at radius 2 is 2.10 bits per heavy atom. The summed E-state index contributed by atoms with van der Waals surface area (Å²) in [6.07, 6.45) is 1.82. The fraction of sp³-hybridized carbons (Fsp3) is 0.250. The number of ether oxygens (including phenoxy) is 1. The molecule has 1 N–H and O–H groups in total. The minimum atomic E-state index is 0.674. The highest BCUT2D eigenvalue weighted by molar-refractivity contribution is 5.93. The lowest BCUT2D eigenvalue weighted by Gasteiger charge is -2.17. The molecule has 0 aliphatic rings. The number of fused-ring (bicyclic) bond motifs is 1. The molecular formula is C16H18N4O. The Labute approximate surface area is 123 Å². The molecule has 108 valence electrons. The molecule has 2 heterocycles. The van der Waals surface area contributed by atoms with Gasteiger partial charge in [0.15, 0.2) is 0 Å². The van der Waals surface area contributed by atoms with Gasteiger partial charge in [-0.1, -0.05) is 18.2 Å². The Kier molecular flexibility index (Phi) is 3.83. The first kappa shape index (κ1) is 13.6. The van der Waals surface area contributed by atoms with Gasteiger partial charge in [-0.25, -0.2) is 4.98 Å². The summed E-state index contributed by atoms with van der Waals surface area (Å²) in [5.41, 5.74) is 3.05. The molecule has 0 atom stereocenters. The first-order valence-electron chi connectivity index (χ1n) is 6.89. The van der Waals surface area contributed by atoms with E-state index in [1.807, 2.05) is 37.5 Å². The van der Waals surface area contributed by atoms with Gasteiger partial charge in [0.05, 0.1) is 12.1 Å². The third kappa shape index (κ3) is 2.73. The summed E-state index contributed by atoms with van der Waals surface area (Å²) >= 11 is 0. The van der Waals surface area contributed by atoms with Crippen LogP contribution in [0.3, 0.4) is 0 Å². The van der Waals surface area contributed by atoms with Crippen LogP contribution in [0.4, 0.5) is 5.82 Å². The Morgan fingerprint density at radius 1 is 1.24 bits per heavy atom. The molecule has 3 aromatic rings. The van der Waals surface area contributed by atoms with Crippen LogP contribution in [-0.2, 0) is 4.74 Å². The van der Waals surface area contributed by atoms with E-state index < -0.39 is 0 Å².